The lowest BCUT2D eigenvalue weighted by Gasteiger charge is -2.20. The van der Waals surface area contributed by atoms with Gasteiger partial charge in [0.1, 0.15) is 6.04 Å². The van der Waals surface area contributed by atoms with E-state index in [-0.39, 0.29) is 24.2 Å². The van der Waals surface area contributed by atoms with Gasteiger partial charge in [-0.25, -0.2) is 5.43 Å². The molecule has 9 nitrogen and oxygen atoms in total. The van der Waals surface area contributed by atoms with Crippen LogP contribution in [0.15, 0.2) is 48.1 Å². The van der Waals surface area contributed by atoms with Crippen molar-refractivity contribution in [1.82, 2.24) is 10.7 Å². The number of fused-ring (bicyclic) bond motifs is 1. The Hall–Kier alpha value is -4.01. The number of hydrogen-bond donors (Lipinski definition) is 3. The Balaban J connectivity index is 1.68. The minimum absolute atomic E-state index is 0.0321. The van der Waals surface area contributed by atoms with Gasteiger partial charge in [0.25, 0.3) is 11.8 Å². The molecule has 0 aliphatic carbocycles. The van der Waals surface area contributed by atoms with Crippen LogP contribution in [0.3, 0.4) is 0 Å². The van der Waals surface area contributed by atoms with E-state index in [4.69, 9.17) is 14.2 Å². The fourth-order valence-electron chi connectivity index (χ4n) is 3.27. The molecule has 2 aromatic carbocycles. The molecule has 1 atom stereocenters. The van der Waals surface area contributed by atoms with Gasteiger partial charge in [-0.15, -0.1) is 6.58 Å². The zero-order valence-corrected chi connectivity index (χ0v) is 18.8. The largest absolute Gasteiger partial charge is 0.504 e. The summed E-state index contributed by atoms with van der Waals surface area (Å²) in [5, 5.41) is 16.9. The number of hydrogen-bond acceptors (Lipinski definition) is 7. The number of allylic oxidation sites excluding steroid dienone is 1. The average Bonchev–Trinajstić information content (AvgIpc) is 3.27. The molecule has 0 unspecified atom stereocenters. The topological polar surface area (TPSA) is 118 Å². The first-order valence-electron chi connectivity index (χ1n) is 10.4. The maximum Gasteiger partial charge on any atom is 0.262 e. The van der Waals surface area contributed by atoms with Crippen LogP contribution in [0.25, 0.3) is 0 Å². The number of nitrogens with one attached hydrogen (secondary N) is 2. The number of carbonyl (C=O) groups is 2. The van der Waals surface area contributed by atoms with Crippen molar-refractivity contribution in [3.63, 3.8) is 0 Å². The molecule has 2 aromatic rings. The molecule has 1 heterocycles. The highest BCUT2D eigenvalue weighted by Gasteiger charge is 2.25. The molecule has 0 saturated carbocycles. The van der Waals surface area contributed by atoms with Gasteiger partial charge in [-0.2, -0.15) is 5.10 Å². The maximum absolute atomic E-state index is 12.7. The number of carbonyl (C=O) groups excluding carboxylic acids is 2. The average molecular weight is 453 g/mol. The van der Waals surface area contributed by atoms with Crippen molar-refractivity contribution in [3.05, 3.63) is 59.7 Å². The first-order valence-corrected chi connectivity index (χ1v) is 10.4. The number of phenols is 1. The summed E-state index contributed by atoms with van der Waals surface area (Å²) in [5.74, 6) is 0.309. The van der Waals surface area contributed by atoms with Crippen LogP contribution < -0.4 is 25.0 Å². The Bertz CT molecular complexity index is 1080. The third-order valence-electron chi connectivity index (χ3n) is 5.02. The molecule has 3 N–H and O–H groups in total. The molecule has 0 aromatic heterocycles. The van der Waals surface area contributed by atoms with Crippen molar-refractivity contribution in [3.8, 4) is 23.0 Å². The highest BCUT2D eigenvalue weighted by atomic mass is 16.7. The molecule has 9 heteroatoms. The number of methoxy groups -OCH3 is 1. The van der Waals surface area contributed by atoms with Gasteiger partial charge in [-0.1, -0.05) is 19.9 Å². The third-order valence-corrected chi connectivity index (χ3v) is 5.02. The molecule has 0 saturated heterocycles. The van der Waals surface area contributed by atoms with E-state index >= 15 is 0 Å². The van der Waals surface area contributed by atoms with Gasteiger partial charge < -0.3 is 24.6 Å². The summed E-state index contributed by atoms with van der Waals surface area (Å²) in [5.41, 5.74) is 4.05. The van der Waals surface area contributed by atoms with Crippen molar-refractivity contribution in [2.45, 2.75) is 26.3 Å². The zero-order valence-electron chi connectivity index (χ0n) is 18.8. The van der Waals surface area contributed by atoms with Crippen LogP contribution in [0.1, 0.15) is 35.3 Å². The molecule has 0 radical (unpaired) electrons. The van der Waals surface area contributed by atoms with Crippen LogP contribution in [-0.4, -0.2) is 43.1 Å². The van der Waals surface area contributed by atoms with E-state index in [1.54, 1.807) is 36.4 Å². The van der Waals surface area contributed by atoms with Gasteiger partial charge >= 0.3 is 0 Å². The summed E-state index contributed by atoms with van der Waals surface area (Å²) < 4.78 is 15.7. The van der Waals surface area contributed by atoms with Gasteiger partial charge in [-0.05, 0) is 48.2 Å². The standard InChI is InChI=1S/C24H27N3O6/c1-5-6-16-9-15(10-20(31-4)22(16)28)12-25-27-24(30)21(14(2)3)26-23(29)17-7-8-18-19(11-17)33-13-32-18/h5,7-12,14,21,28H,1,6,13H2,2-4H3,(H,26,29)(H,27,30)/b25-12-/t21-/m0/s1. The molecule has 1 aliphatic rings. The van der Waals surface area contributed by atoms with Crippen molar-refractivity contribution < 1.29 is 28.9 Å². The molecule has 174 valence electrons. The Labute approximate surface area is 192 Å². The molecular weight excluding hydrogens is 426 g/mol. The third kappa shape index (κ3) is 5.62. The van der Waals surface area contributed by atoms with Crippen LogP contribution in [0, 0.1) is 5.92 Å². The van der Waals surface area contributed by atoms with E-state index in [0.29, 0.717) is 34.6 Å². The lowest BCUT2D eigenvalue weighted by atomic mass is 10.0. The lowest BCUT2D eigenvalue weighted by molar-refractivity contribution is -0.123. The number of ether oxygens (including phenoxy) is 3. The Kier molecular flexibility index (Phi) is 7.55. The number of hydrazone groups is 1. The monoisotopic (exact) mass is 453 g/mol. The Morgan fingerprint density at radius 3 is 2.70 bits per heavy atom. The predicted molar refractivity (Wildman–Crippen MR) is 123 cm³/mol. The van der Waals surface area contributed by atoms with E-state index in [9.17, 15) is 14.7 Å². The molecule has 0 fully saturated rings. The highest BCUT2D eigenvalue weighted by molar-refractivity contribution is 5.98. The summed E-state index contributed by atoms with van der Waals surface area (Å²) in [6, 6.07) is 7.33. The van der Waals surface area contributed by atoms with Crippen LogP contribution in [0.5, 0.6) is 23.0 Å². The van der Waals surface area contributed by atoms with Gasteiger partial charge in [-0.3, -0.25) is 9.59 Å². The SMILES string of the molecule is C=CCc1cc(/C=N\NC(=O)[C@@H](NC(=O)c2ccc3c(c2)OCO3)C(C)C)cc(OC)c1O. The van der Waals surface area contributed by atoms with Gasteiger partial charge in [0, 0.05) is 11.1 Å². The molecule has 2 amide bonds. The maximum atomic E-state index is 12.7. The minimum atomic E-state index is -0.814. The van der Waals surface area contributed by atoms with Crippen LogP contribution >= 0.6 is 0 Å². The summed E-state index contributed by atoms with van der Waals surface area (Å²) in [6.45, 7) is 7.42. The number of amides is 2. The number of benzene rings is 2. The molecular formula is C24H27N3O6. The Morgan fingerprint density at radius 1 is 1.24 bits per heavy atom. The molecule has 1 aliphatic heterocycles. The first kappa shape index (κ1) is 23.6. The molecule has 3 rings (SSSR count). The fourth-order valence-corrected chi connectivity index (χ4v) is 3.27. The normalized spacial score (nSPS) is 13.1. The van der Waals surface area contributed by atoms with E-state index in [1.807, 2.05) is 13.8 Å². The summed E-state index contributed by atoms with van der Waals surface area (Å²) in [4.78, 5) is 25.4. The van der Waals surface area contributed by atoms with E-state index < -0.39 is 17.9 Å². The molecule has 0 spiro atoms. The lowest BCUT2D eigenvalue weighted by Crippen LogP contribution is -2.48. The predicted octanol–water partition coefficient (Wildman–Crippen LogP) is 2.76. The van der Waals surface area contributed by atoms with Crippen LogP contribution in [0.2, 0.25) is 0 Å². The number of rotatable bonds is 9. The number of aromatic hydroxyl groups is 1. The second kappa shape index (κ2) is 10.5. The van der Waals surface area contributed by atoms with Crippen molar-refractivity contribution in [1.29, 1.82) is 0 Å². The Morgan fingerprint density at radius 2 is 2.00 bits per heavy atom. The van der Waals surface area contributed by atoms with Gasteiger partial charge in [0.15, 0.2) is 23.0 Å². The second-order valence-electron chi connectivity index (χ2n) is 7.72. The van der Waals surface area contributed by atoms with Crippen LogP contribution in [0.4, 0.5) is 0 Å². The molecule has 33 heavy (non-hydrogen) atoms. The second-order valence-corrected chi connectivity index (χ2v) is 7.72. The van der Waals surface area contributed by atoms with Gasteiger partial charge in [0.05, 0.1) is 13.3 Å². The van der Waals surface area contributed by atoms with E-state index in [1.165, 1.54) is 13.3 Å². The van der Waals surface area contributed by atoms with E-state index in [0.717, 1.165) is 0 Å². The highest BCUT2D eigenvalue weighted by Crippen LogP contribution is 2.33. The van der Waals surface area contributed by atoms with E-state index in [2.05, 4.69) is 22.4 Å². The molecule has 0 bridgehead atoms. The summed E-state index contributed by atoms with van der Waals surface area (Å²) in [7, 11) is 1.45. The fraction of sp³-hybridized carbons (Fsp3) is 0.292. The first-order chi connectivity index (χ1) is 15.8. The van der Waals surface area contributed by atoms with Crippen LogP contribution in [-0.2, 0) is 11.2 Å². The number of nitrogens with zero attached hydrogens (tertiary/aromatic N) is 1. The zero-order chi connectivity index (χ0) is 24.0. The van der Waals surface area contributed by atoms with Crippen molar-refractivity contribution >= 4 is 18.0 Å². The summed E-state index contributed by atoms with van der Waals surface area (Å²) in [6.07, 6.45) is 3.54. The quantitative estimate of drug-likeness (QED) is 0.305. The van der Waals surface area contributed by atoms with Crippen molar-refractivity contribution in [2.75, 3.05) is 13.9 Å². The smallest absolute Gasteiger partial charge is 0.262 e. The van der Waals surface area contributed by atoms with Crippen molar-refractivity contribution in [2.24, 2.45) is 11.0 Å². The summed E-state index contributed by atoms with van der Waals surface area (Å²) >= 11 is 0. The van der Waals surface area contributed by atoms with Gasteiger partial charge in [0.2, 0.25) is 6.79 Å². The number of phenolic OH excluding ortho intramolecular Hbond substituents is 1. The minimum Gasteiger partial charge on any atom is -0.504 e.